The van der Waals surface area contributed by atoms with Gasteiger partial charge < -0.3 is 9.72 Å². The van der Waals surface area contributed by atoms with Gasteiger partial charge in [-0.05, 0) is 6.92 Å². The number of nitrogens with one attached hydrogen (secondary N) is 1. The Morgan fingerprint density at radius 1 is 1.56 bits per heavy atom. The third-order valence-corrected chi connectivity index (χ3v) is 2.43. The summed E-state index contributed by atoms with van der Waals surface area (Å²) in [5.41, 5.74) is -0.685. The normalized spacial score (nSPS) is 10.6. The van der Waals surface area contributed by atoms with Crippen LogP contribution in [-0.2, 0) is 0 Å². The lowest BCUT2D eigenvalue weighted by molar-refractivity contribution is 0.352. The highest BCUT2D eigenvalue weighted by atomic mass is 35.5. The Morgan fingerprint density at radius 2 is 2.28 bits per heavy atom. The number of halogens is 2. The topological polar surface area (TPSA) is 67.9 Å². The lowest BCUT2D eigenvalue weighted by atomic mass is 10.3. The molecule has 0 aliphatic carbocycles. The molecule has 2 aromatic rings. The minimum Gasteiger partial charge on any atom is -0.473 e. The van der Waals surface area contributed by atoms with E-state index < -0.39 is 11.4 Å². The highest BCUT2D eigenvalue weighted by Gasteiger charge is 2.18. The molecule has 0 saturated heterocycles. The molecule has 0 bridgehead atoms. The maximum Gasteiger partial charge on any atom is 0.264 e. The van der Waals surface area contributed by atoms with E-state index in [2.05, 4.69) is 21.5 Å². The van der Waals surface area contributed by atoms with Gasteiger partial charge in [0.15, 0.2) is 11.0 Å². The maximum absolute atomic E-state index is 13.8. The van der Waals surface area contributed by atoms with E-state index in [1.165, 1.54) is 6.08 Å². The molecule has 0 aliphatic heterocycles. The Kier molecular flexibility index (Phi) is 3.29. The Bertz CT molecular complexity index is 684. The number of nitrogens with zero attached hydrogens (tertiary/aromatic N) is 2. The van der Waals surface area contributed by atoms with Crippen LogP contribution in [0.5, 0.6) is 5.88 Å². The summed E-state index contributed by atoms with van der Waals surface area (Å²) in [5.74, 6) is -0.625. The van der Waals surface area contributed by atoms with Crippen LogP contribution in [0.2, 0.25) is 5.15 Å². The fraction of sp³-hybridized carbons (Fsp3) is 0.182. The molecule has 0 saturated carbocycles. The maximum atomic E-state index is 13.8. The second-order valence-electron chi connectivity index (χ2n) is 3.50. The first-order valence-corrected chi connectivity index (χ1v) is 5.41. The third-order valence-electron chi connectivity index (χ3n) is 2.18. The van der Waals surface area contributed by atoms with Crippen molar-refractivity contribution in [1.29, 1.82) is 0 Å². The van der Waals surface area contributed by atoms with Gasteiger partial charge in [-0.25, -0.2) is 9.37 Å². The summed E-state index contributed by atoms with van der Waals surface area (Å²) in [6.45, 7) is 5.13. The van der Waals surface area contributed by atoms with E-state index in [0.29, 0.717) is 0 Å². The number of hydrogen-bond acceptors (Lipinski definition) is 4. The van der Waals surface area contributed by atoms with E-state index in [4.69, 9.17) is 16.3 Å². The fourth-order valence-corrected chi connectivity index (χ4v) is 1.64. The van der Waals surface area contributed by atoms with Crippen LogP contribution in [0, 0.1) is 12.7 Å². The Morgan fingerprint density at radius 3 is 2.94 bits per heavy atom. The molecule has 2 aromatic heterocycles. The van der Waals surface area contributed by atoms with E-state index in [-0.39, 0.29) is 34.4 Å². The van der Waals surface area contributed by atoms with Gasteiger partial charge in [0.1, 0.15) is 23.3 Å². The molecule has 0 spiro atoms. The van der Waals surface area contributed by atoms with Crippen molar-refractivity contribution in [3.05, 3.63) is 39.8 Å². The quantitative estimate of drug-likeness (QED) is 0.683. The number of hydrogen-bond donors (Lipinski definition) is 1. The molecule has 0 atom stereocenters. The van der Waals surface area contributed by atoms with Gasteiger partial charge in [-0.15, -0.1) is 0 Å². The van der Waals surface area contributed by atoms with E-state index in [1.54, 1.807) is 6.92 Å². The zero-order valence-corrected chi connectivity index (χ0v) is 10.2. The summed E-state index contributed by atoms with van der Waals surface area (Å²) in [6.07, 6.45) is 1.47. The second kappa shape index (κ2) is 4.73. The summed E-state index contributed by atoms with van der Waals surface area (Å²) in [6, 6.07) is 0. The van der Waals surface area contributed by atoms with Gasteiger partial charge in [-0.2, -0.15) is 4.98 Å². The first-order chi connectivity index (χ1) is 8.54. The zero-order valence-electron chi connectivity index (χ0n) is 9.46. The molecule has 0 fully saturated rings. The number of H-pyrrole nitrogens is 1. The van der Waals surface area contributed by atoms with Gasteiger partial charge in [-0.1, -0.05) is 24.3 Å². The number of rotatable bonds is 3. The zero-order chi connectivity index (χ0) is 13.3. The van der Waals surface area contributed by atoms with Crippen LogP contribution in [0.4, 0.5) is 4.39 Å². The molecule has 0 unspecified atom stereocenters. The molecular weight excluding hydrogens is 261 g/mol. The number of pyridine rings is 1. The summed E-state index contributed by atoms with van der Waals surface area (Å²) >= 11 is 5.63. The van der Waals surface area contributed by atoms with Crippen LogP contribution >= 0.6 is 11.6 Å². The van der Waals surface area contributed by atoms with Gasteiger partial charge in [0, 0.05) is 0 Å². The van der Waals surface area contributed by atoms with Crippen molar-refractivity contribution in [2.75, 3.05) is 6.61 Å². The summed E-state index contributed by atoms with van der Waals surface area (Å²) in [4.78, 5) is 21.8. The van der Waals surface area contributed by atoms with Gasteiger partial charge >= 0.3 is 0 Å². The fourth-order valence-electron chi connectivity index (χ4n) is 1.48. The largest absolute Gasteiger partial charge is 0.473 e. The van der Waals surface area contributed by atoms with Crippen LogP contribution in [0.15, 0.2) is 17.4 Å². The second-order valence-corrected chi connectivity index (χ2v) is 3.85. The van der Waals surface area contributed by atoms with E-state index in [1.807, 2.05) is 0 Å². The van der Waals surface area contributed by atoms with Crippen LogP contribution in [0.3, 0.4) is 0 Å². The van der Waals surface area contributed by atoms with E-state index in [9.17, 15) is 9.18 Å². The van der Waals surface area contributed by atoms with Crippen molar-refractivity contribution in [2.24, 2.45) is 0 Å². The molecule has 0 amide bonds. The lowest BCUT2D eigenvalue weighted by Gasteiger charge is -2.07. The standard InChI is InChI=1S/C11H9ClFN3O2/c1-3-4-18-11-6-8(7(13)9(12)16-11)14-5(2)15-10(6)17/h3H,1,4H2,2H3,(H,14,15,17). The molecule has 18 heavy (non-hydrogen) atoms. The predicted molar refractivity (Wildman–Crippen MR) is 65.6 cm³/mol. The third kappa shape index (κ3) is 2.06. The molecule has 0 radical (unpaired) electrons. The van der Waals surface area contributed by atoms with Crippen LogP contribution in [0.1, 0.15) is 5.82 Å². The van der Waals surface area contributed by atoms with Crippen LogP contribution in [-0.4, -0.2) is 21.6 Å². The minimum atomic E-state index is -0.841. The van der Waals surface area contributed by atoms with Crippen molar-refractivity contribution >= 4 is 22.5 Å². The predicted octanol–water partition coefficient (Wildman–Crippen LogP) is 1.98. The molecule has 0 aromatic carbocycles. The molecule has 5 nitrogen and oxygen atoms in total. The van der Waals surface area contributed by atoms with Gasteiger partial charge in [0.05, 0.1) is 0 Å². The summed E-state index contributed by atoms with van der Waals surface area (Å²) in [7, 11) is 0. The monoisotopic (exact) mass is 269 g/mol. The van der Waals surface area contributed by atoms with E-state index >= 15 is 0 Å². The molecule has 94 valence electrons. The van der Waals surface area contributed by atoms with Gasteiger partial charge in [-0.3, -0.25) is 4.79 Å². The highest BCUT2D eigenvalue weighted by molar-refractivity contribution is 6.30. The number of aromatic amines is 1. The van der Waals surface area contributed by atoms with Crippen LogP contribution < -0.4 is 10.3 Å². The van der Waals surface area contributed by atoms with Crippen molar-refractivity contribution in [3.8, 4) is 5.88 Å². The average Bonchev–Trinajstić information content (AvgIpc) is 2.31. The first kappa shape index (κ1) is 12.5. The minimum absolute atomic E-state index is 0.0648. The van der Waals surface area contributed by atoms with E-state index in [0.717, 1.165) is 0 Å². The number of fused-ring (bicyclic) bond motifs is 1. The van der Waals surface area contributed by atoms with Gasteiger partial charge in [0.2, 0.25) is 5.88 Å². The molecule has 0 aliphatic rings. The summed E-state index contributed by atoms with van der Waals surface area (Å²) in [5, 5.41) is -0.455. The molecule has 7 heteroatoms. The van der Waals surface area contributed by atoms with Crippen molar-refractivity contribution in [2.45, 2.75) is 6.92 Å². The Labute approximate surface area is 106 Å². The molecule has 2 rings (SSSR count). The Balaban J connectivity index is 2.83. The molecule has 2 heterocycles. The number of ether oxygens (including phenoxy) is 1. The highest BCUT2D eigenvalue weighted by Crippen LogP contribution is 2.26. The summed E-state index contributed by atoms with van der Waals surface area (Å²) < 4.78 is 19.0. The number of aromatic nitrogens is 3. The first-order valence-electron chi connectivity index (χ1n) is 5.04. The average molecular weight is 270 g/mol. The molecular formula is C11H9ClFN3O2. The van der Waals surface area contributed by atoms with Crippen molar-refractivity contribution in [1.82, 2.24) is 15.0 Å². The molecule has 1 N–H and O–H groups in total. The SMILES string of the molecule is C=CCOc1nc(Cl)c(F)c2nc(C)[nH]c(=O)c12. The van der Waals surface area contributed by atoms with Gasteiger partial charge in [0.25, 0.3) is 5.56 Å². The van der Waals surface area contributed by atoms with Crippen LogP contribution in [0.25, 0.3) is 10.9 Å². The lowest BCUT2D eigenvalue weighted by Crippen LogP contribution is -2.13. The Hall–Kier alpha value is -1.95. The number of aryl methyl sites for hydroxylation is 1. The van der Waals surface area contributed by atoms with Crippen molar-refractivity contribution in [3.63, 3.8) is 0 Å². The van der Waals surface area contributed by atoms with Crippen molar-refractivity contribution < 1.29 is 9.13 Å². The smallest absolute Gasteiger partial charge is 0.264 e.